The van der Waals surface area contributed by atoms with E-state index in [1.165, 1.54) is 48.8 Å². The van der Waals surface area contributed by atoms with Crippen LogP contribution in [0.3, 0.4) is 0 Å². The number of nitrogens with two attached hydrogens (primary N) is 1. The highest BCUT2D eigenvalue weighted by Gasteiger charge is 2.05. The van der Waals surface area contributed by atoms with Crippen molar-refractivity contribution in [2.45, 2.75) is 0 Å². The molecule has 0 bridgehead atoms. The van der Waals surface area contributed by atoms with Crippen LogP contribution in [0.5, 0.6) is 0 Å². The number of hydrazone groups is 3. The highest BCUT2D eigenvalue weighted by Crippen LogP contribution is 2.12. The molecule has 0 aliphatic rings. The van der Waals surface area contributed by atoms with Crippen molar-refractivity contribution in [1.29, 1.82) is 0 Å². The molecule has 0 aliphatic carbocycles. The summed E-state index contributed by atoms with van der Waals surface area (Å²) in [5.74, 6) is 5.18. The first-order valence-electron chi connectivity index (χ1n) is 7.34. The molecule has 12 nitrogen and oxygen atoms in total. The third kappa shape index (κ3) is 5.90. The van der Waals surface area contributed by atoms with Gasteiger partial charge in [-0.05, 0) is 0 Å². The van der Waals surface area contributed by atoms with E-state index in [2.05, 4.69) is 26.2 Å². The number of rotatable bonds is 6. The Kier molecular flexibility index (Phi) is 6.48. The lowest BCUT2D eigenvalue weighted by atomic mass is 10.2. The quantitative estimate of drug-likeness (QED) is 0.226. The van der Waals surface area contributed by atoms with Gasteiger partial charge in [-0.3, -0.25) is 20.2 Å². The second-order valence-electron chi connectivity index (χ2n) is 4.92. The van der Waals surface area contributed by atoms with Crippen LogP contribution in [0.2, 0.25) is 0 Å². The van der Waals surface area contributed by atoms with Crippen LogP contribution < -0.4 is 16.7 Å². The van der Waals surface area contributed by atoms with E-state index < -0.39 is 9.85 Å². The fourth-order valence-electron chi connectivity index (χ4n) is 1.86. The normalized spacial score (nSPS) is 10.7. The zero-order chi connectivity index (χ0) is 19.6. The lowest BCUT2D eigenvalue weighted by molar-refractivity contribution is -0.385. The van der Waals surface area contributed by atoms with E-state index in [1.54, 1.807) is 12.1 Å². The summed E-state index contributed by atoms with van der Waals surface area (Å²) in [5, 5.41) is 32.5. The number of nitro groups is 2. The average Bonchev–Trinajstić information content (AvgIpc) is 2.67. The molecule has 0 aromatic heterocycles. The lowest BCUT2D eigenvalue weighted by Crippen LogP contribution is -2.31. The first kappa shape index (κ1) is 19.0. The molecule has 0 aliphatic heterocycles. The molecule has 0 fully saturated rings. The molecule has 0 saturated heterocycles. The van der Waals surface area contributed by atoms with Crippen molar-refractivity contribution < 1.29 is 9.85 Å². The van der Waals surface area contributed by atoms with Crippen LogP contribution in [0.15, 0.2) is 63.8 Å². The van der Waals surface area contributed by atoms with Crippen molar-refractivity contribution in [2.75, 3.05) is 0 Å². The maximum Gasteiger partial charge on any atom is 0.270 e. The van der Waals surface area contributed by atoms with E-state index in [1.807, 2.05) is 0 Å². The molecule has 12 heteroatoms. The van der Waals surface area contributed by atoms with Crippen molar-refractivity contribution in [1.82, 2.24) is 10.9 Å². The predicted molar refractivity (Wildman–Crippen MR) is 99.3 cm³/mol. The summed E-state index contributed by atoms with van der Waals surface area (Å²) in [6.07, 6.45) is 2.67. The van der Waals surface area contributed by atoms with Gasteiger partial charge in [0.05, 0.1) is 22.3 Å². The minimum atomic E-state index is -0.512. The molecule has 2 aromatic carbocycles. The van der Waals surface area contributed by atoms with Crippen molar-refractivity contribution in [2.24, 2.45) is 21.1 Å². The standard InChI is InChI=1S/C15H14N8O4/c16-19-15(20-17-9-11-3-1-5-13(7-11)22(24)25)21-18-10-12-4-2-6-14(8-12)23(26)27/h1-10H,16H2,(H2,19,20,21)/b17-9+,18-10+. The number of nitro benzene ring substituents is 2. The Bertz CT molecular complexity index is 854. The number of nitrogens with one attached hydrogen (secondary N) is 2. The largest absolute Gasteiger partial charge is 0.320 e. The van der Waals surface area contributed by atoms with Crippen LogP contribution in [0, 0.1) is 20.2 Å². The summed E-state index contributed by atoms with van der Waals surface area (Å²) in [4.78, 5) is 20.4. The van der Waals surface area contributed by atoms with E-state index in [9.17, 15) is 20.2 Å². The minimum absolute atomic E-state index is 0.0154. The summed E-state index contributed by atoms with van der Waals surface area (Å²) in [6, 6.07) is 11.7. The Balaban J connectivity index is 1.94. The maximum absolute atomic E-state index is 10.7. The molecule has 2 rings (SSSR count). The molecular weight excluding hydrogens is 356 g/mol. The van der Waals surface area contributed by atoms with Gasteiger partial charge in [-0.1, -0.05) is 24.3 Å². The SMILES string of the molecule is NN=C(N/N=C/c1cccc([N+](=O)[O-])c1)N/N=C/c1cccc([N+](=O)[O-])c1. The van der Waals surface area contributed by atoms with Gasteiger partial charge in [0.15, 0.2) is 0 Å². The van der Waals surface area contributed by atoms with Crippen molar-refractivity contribution in [3.63, 3.8) is 0 Å². The molecule has 0 amide bonds. The third-order valence-electron chi connectivity index (χ3n) is 3.06. The summed E-state index contributed by atoms with van der Waals surface area (Å²) in [7, 11) is 0. The smallest absolute Gasteiger partial charge is 0.270 e. The first-order valence-corrected chi connectivity index (χ1v) is 7.34. The van der Waals surface area contributed by atoms with E-state index in [-0.39, 0.29) is 17.3 Å². The van der Waals surface area contributed by atoms with E-state index in [4.69, 9.17) is 5.84 Å². The van der Waals surface area contributed by atoms with Gasteiger partial charge in [0.2, 0.25) is 0 Å². The average molecular weight is 370 g/mol. The van der Waals surface area contributed by atoms with Crippen molar-refractivity contribution in [3.8, 4) is 0 Å². The van der Waals surface area contributed by atoms with Crippen LogP contribution in [0.1, 0.15) is 11.1 Å². The Morgan fingerprint density at radius 2 is 1.33 bits per heavy atom. The number of hydrogen-bond acceptors (Lipinski definition) is 8. The molecule has 0 spiro atoms. The topological polar surface area (TPSA) is 173 Å². The monoisotopic (exact) mass is 370 g/mol. The van der Waals surface area contributed by atoms with E-state index in [0.29, 0.717) is 11.1 Å². The Morgan fingerprint density at radius 1 is 0.889 bits per heavy atom. The highest BCUT2D eigenvalue weighted by atomic mass is 16.6. The van der Waals surface area contributed by atoms with Crippen LogP contribution >= 0.6 is 0 Å². The molecule has 0 unspecified atom stereocenters. The molecular formula is C15H14N8O4. The molecule has 0 radical (unpaired) electrons. The van der Waals surface area contributed by atoms with Gasteiger partial charge in [-0.25, -0.2) is 10.9 Å². The second-order valence-corrected chi connectivity index (χ2v) is 4.92. The molecule has 27 heavy (non-hydrogen) atoms. The van der Waals surface area contributed by atoms with Crippen LogP contribution in [0.4, 0.5) is 11.4 Å². The van der Waals surface area contributed by atoms with Gasteiger partial charge in [-0.15, -0.1) is 5.10 Å². The van der Waals surface area contributed by atoms with Crippen molar-refractivity contribution >= 4 is 29.8 Å². The number of non-ortho nitro benzene ring substituents is 2. The predicted octanol–water partition coefficient (Wildman–Crippen LogP) is 1.28. The zero-order valence-corrected chi connectivity index (χ0v) is 13.7. The number of nitrogens with zero attached hydrogens (tertiary/aromatic N) is 5. The van der Waals surface area contributed by atoms with Crippen LogP contribution in [-0.2, 0) is 0 Å². The van der Waals surface area contributed by atoms with Gasteiger partial charge in [0.25, 0.3) is 17.3 Å². The molecule has 0 atom stereocenters. The Hall–Kier alpha value is -4.35. The highest BCUT2D eigenvalue weighted by molar-refractivity contribution is 5.86. The van der Waals surface area contributed by atoms with Gasteiger partial charge >= 0.3 is 0 Å². The summed E-state index contributed by atoms with van der Waals surface area (Å²) in [5.41, 5.74) is 5.81. The minimum Gasteiger partial charge on any atom is -0.320 e. The van der Waals surface area contributed by atoms with Crippen LogP contribution in [0.25, 0.3) is 0 Å². The van der Waals surface area contributed by atoms with E-state index in [0.717, 1.165) is 0 Å². The molecule has 0 heterocycles. The molecule has 2 aromatic rings. The molecule has 0 saturated carbocycles. The first-order chi connectivity index (χ1) is 13.0. The van der Waals surface area contributed by atoms with Gasteiger partial charge in [-0.2, -0.15) is 10.2 Å². The fraction of sp³-hybridized carbons (Fsp3) is 0. The summed E-state index contributed by atoms with van der Waals surface area (Å²) >= 11 is 0. The fourth-order valence-corrected chi connectivity index (χ4v) is 1.86. The Morgan fingerprint density at radius 3 is 1.70 bits per heavy atom. The third-order valence-corrected chi connectivity index (χ3v) is 3.06. The number of guanidine groups is 1. The second kappa shape index (κ2) is 9.22. The Labute approximate surface area is 152 Å². The zero-order valence-electron chi connectivity index (χ0n) is 13.7. The summed E-state index contributed by atoms with van der Waals surface area (Å²) in [6.45, 7) is 0. The maximum atomic E-state index is 10.7. The van der Waals surface area contributed by atoms with Crippen molar-refractivity contribution in [3.05, 3.63) is 79.9 Å². The molecule has 4 N–H and O–H groups in total. The van der Waals surface area contributed by atoms with E-state index >= 15 is 0 Å². The number of hydrogen-bond donors (Lipinski definition) is 3. The summed E-state index contributed by atoms with van der Waals surface area (Å²) < 4.78 is 0. The van der Waals surface area contributed by atoms with Gasteiger partial charge in [0.1, 0.15) is 0 Å². The molecule has 138 valence electrons. The number of benzene rings is 2. The van der Waals surface area contributed by atoms with Gasteiger partial charge < -0.3 is 5.84 Å². The van der Waals surface area contributed by atoms with Gasteiger partial charge in [0, 0.05) is 35.4 Å². The lowest BCUT2D eigenvalue weighted by Gasteiger charge is -2.02. The van der Waals surface area contributed by atoms with Crippen LogP contribution in [-0.4, -0.2) is 28.2 Å².